The highest BCUT2D eigenvalue weighted by molar-refractivity contribution is 8.01. The van der Waals surface area contributed by atoms with Gasteiger partial charge in [0.2, 0.25) is 5.89 Å². The Morgan fingerprint density at radius 1 is 1.29 bits per heavy atom. The lowest BCUT2D eigenvalue weighted by Gasteiger charge is -2.20. The fraction of sp³-hybridized carbons (Fsp3) is 0.522. The van der Waals surface area contributed by atoms with Crippen molar-refractivity contribution in [1.29, 1.82) is 0 Å². The first-order chi connectivity index (χ1) is 14.7. The number of thioether (sulfide) groups is 1. The van der Waals surface area contributed by atoms with Crippen molar-refractivity contribution in [3.8, 4) is 23.3 Å². The molecule has 0 aliphatic rings. The van der Waals surface area contributed by atoms with E-state index in [1.165, 1.54) is 11.8 Å². The first-order valence-corrected chi connectivity index (χ1v) is 11.2. The van der Waals surface area contributed by atoms with Crippen molar-refractivity contribution in [2.75, 3.05) is 44.6 Å². The SMILES string of the molecule is CCOC(=O)C(C)(C)SCC#CCOCCc1nc(-c2ccc(N(C)C)nc2)oc1C. The van der Waals surface area contributed by atoms with Crippen LogP contribution in [0.3, 0.4) is 0 Å². The molecule has 0 fully saturated rings. The van der Waals surface area contributed by atoms with Crippen LogP contribution in [0.15, 0.2) is 22.7 Å². The lowest BCUT2D eigenvalue weighted by molar-refractivity contribution is -0.145. The number of rotatable bonds is 10. The molecule has 0 radical (unpaired) electrons. The molecule has 0 saturated carbocycles. The topological polar surface area (TPSA) is 77.7 Å². The quantitative estimate of drug-likeness (QED) is 0.311. The van der Waals surface area contributed by atoms with E-state index in [4.69, 9.17) is 13.9 Å². The Morgan fingerprint density at radius 2 is 2.06 bits per heavy atom. The van der Waals surface area contributed by atoms with Crippen LogP contribution in [0.25, 0.3) is 11.5 Å². The van der Waals surface area contributed by atoms with E-state index in [0.29, 0.717) is 37.9 Å². The van der Waals surface area contributed by atoms with E-state index in [9.17, 15) is 4.79 Å². The molecule has 0 saturated heterocycles. The van der Waals surface area contributed by atoms with Crippen LogP contribution in [0, 0.1) is 18.8 Å². The summed E-state index contributed by atoms with van der Waals surface area (Å²) in [5.41, 5.74) is 1.71. The van der Waals surface area contributed by atoms with Crippen molar-refractivity contribution in [3.63, 3.8) is 0 Å². The summed E-state index contributed by atoms with van der Waals surface area (Å²) in [6.07, 6.45) is 2.41. The predicted octanol–water partition coefficient (Wildman–Crippen LogP) is 3.75. The van der Waals surface area contributed by atoms with E-state index in [1.807, 2.05) is 51.9 Å². The number of nitrogens with zero attached hydrogens (tertiary/aromatic N) is 3. The van der Waals surface area contributed by atoms with Gasteiger partial charge in [0.05, 0.1) is 30.2 Å². The zero-order valence-corrected chi connectivity index (χ0v) is 20.0. The number of carbonyl (C=O) groups excluding carboxylic acids is 1. The van der Waals surface area contributed by atoms with Crippen LogP contribution in [-0.4, -0.2) is 60.4 Å². The normalized spacial score (nSPS) is 11.0. The van der Waals surface area contributed by atoms with Gasteiger partial charge in [-0.15, -0.1) is 11.8 Å². The lowest BCUT2D eigenvalue weighted by Crippen LogP contribution is -2.30. The Hall–Kier alpha value is -2.50. The second kappa shape index (κ2) is 11.8. The van der Waals surface area contributed by atoms with Crippen molar-refractivity contribution in [1.82, 2.24) is 9.97 Å². The molecule has 2 heterocycles. The maximum absolute atomic E-state index is 11.8. The number of hydrogen-bond donors (Lipinski definition) is 0. The van der Waals surface area contributed by atoms with Gasteiger partial charge in [-0.25, -0.2) is 9.97 Å². The molecule has 0 atom stereocenters. The monoisotopic (exact) mass is 445 g/mol. The number of esters is 1. The first kappa shape index (κ1) is 24.8. The summed E-state index contributed by atoms with van der Waals surface area (Å²) in [5.74, 6) is 8.54. The fourth-order valence-electron chi connectivity index (χ4n) is 2.53. The average molecular weight is 446 g/mol. The number of ether oxygens (including phenoxy) is 2. The van der Waals surface area contributed by atoms with Crippen LogP contribution < -0.4 is 4.90 Å². The summed E-state index contributed by atoms with van der Waals surface area (Å²) in [6, 6.07) is 3.88. The molecule has 168 valence electrons. The molecule has 2 rings (SSSR count). The Balaban J connectivity index is 1.75. The van der Waals surface area contributed by atoms with E-state index in [2.05, 4.69) is 21.8 Å². The largest absolute Gasteiger partial charge is 0.465 e. The molecule has 0 amide bonds. The molecule has 0 aromatic carbocycles. The maximum atomic E-state index is 11.8. The molecule has 0 N–H and O–H groups in total. The molecular formula is C23H31N3O4S. The smallest absolute Gasteiger partial charge is 0.321 e. The van der Waals surface area contributed by atoms with Gasteiger partial charge in [0.25, 0.3) is 0 Å². The van der Waals surface area contributed by atoms with Crippen LogP contribution in [0.5, 0.6) is 0 Å². The number of anilines is 1. The van der Waals surface area contributed by atoms with Crippen molar-refractivity contribution in [2.45, 2.75) is 38.9 Å². The van der Waals surface area contributed by atoms with Crippen LogP contribution in [0.1, 0.15) is 32.2 Å². The third-order valence-electron chi connectivity index (χ3n) is 4.40. The minimum Gasteiger partial charge on any atom is -0.465 e. The van der Waals surface area contributed by atoms with Gasteiger partial charge in [-0.05, 0) is 39.8 Å². The minimum atomic E-state index is -0.601. The van der Waals surface area contributed by atoms with Gasteiger partial charge in [-0.2, -0.15) is 0 Å². The molecule has 0 aliphatic carbocycles. The number of hydrogen-bond acceptors (Lipinski definition) is 8. The summed E-state index contributed by atoms with van der Waals surface area (Å²) >= 11 is 1.46. The minimum absolute atomic E-state index is 0.218. The zero-order valence-electron chi connectivity index (χ0n) is 19.2. The molecule has 31 heavy (non-hydrogen) atoms. The molecule has 2 aromatic heterocycles. The van der Waals surface area contributed by atoms with Crippen LogP contribution >= 0.6 is 11.8 Å². The van der Waals surface area contributed by atoms with Gasteiger partial charge in [0, 0.05) is 26.7 Å². The summed E-state index contributed by atoms with van der Waals surface area (Å²) in [4.78, 5) is 22.7. The molecule has 0 spiro atoms. The molecule has 7 nitrogen and oxygen atoms in total. The predicted molar refractivity (Wildman–Crippen MR) is 124 cm³/mol. The van der Waals surface area contributed by atoms with E-state index in [1.54, 1.807) is 13.1 Å². The highest BCUT2D eigenvalue weighted by atomic mass is 32.2. The Kier molecular flexibility index (Phi) is 9.41. The summed E-state index contributed by atoms with van der Waals surface area (Å²) in [5, 5.41) is 0. The van der Waals surface area contributed by atoms with Crippen molar-refractivity contribution >= 4 is 23.5 Å². The molecule has 8 heteroatoms. The third kappa shape index (κ3) is 7.60. The van der Waals surface area contributed by atoms with Crippen LogP contribution in [0.4, 0.5) is 5.82 Å². The van der Waals surface area contributed by atoms with E-state index in [0.717, 1.165) is 22.8 Å². The summed E-state index contributed by atoms with van der Waals surface area (Å²) in [7, 11) is 3.89. The number of aryl methyl sites for hydroxylation is 1. The summed E-state index contributed by atoms with van der Waals surface area (Å²) in [6.45, 7) is 8.60. The lowest BCUT2D eigenvalue weighted by atomic mass is 10.2. The molecule has 2 aromatic rings. The highest BCUT2D eigenvalue weighted by Gasteiger charge is 2.29. The maximum Gasteiger partial charge on any atom is 0.321 e. The van der Waals surface area contributed by atoms with Gasteiger partial charge < -0.3 is 18.8 Å². The Labute approximate surface area is 188 Å². The molecular weight excluding hydrogens is 414 g/mol. The van der Waals surface area contributed by atoms with Crippen LogP contribution in [-0.2, 0) is 20.7 Å². The van der Waals surface area contributed by atoms with Gasteiger partial charge in [-0.1, -0.05) is 11.8 Å². The van der Waals surface area contributed by atoms with E-state index >= 15 is 0 Å². The van der Waals surface area contributed by atoms with Gasteiger partial charge >= 0.3 is 5.97 Å². The van der Waals surface area contributed by atoms with Gasteiger partial charge in [-0.3, -0.25) is 4.79 Å². The number of carbonyl (C=O) groups is 1. The van der Waals surface area contributed by atoms with E-state index < -0.39 is 4.75 Å². The van der Waals surface area contributed by atoms with Crippen molar-refractivity contribution < 1.29 is 18.7 Å². The average Bonchev–Trinajstić information content (AvgIpc) is 3.10. The molecule has 0 bridgehead atoms. The fourth-order valence-corrected chi connectivity index (χ4v) is 3.25. The molecule has 0 unspecified atom stereocenters. The Bertz CT molecular complexity index is 911. The number of oxazole rings is 1. The number of pyridine rings is 1. The highest BCUT2D eigenvalue weighted by Crippen LogP contribution is 2.25. The standard InChI is InChI=1S/C23H31N3O4S/c1-7-29-22(27)23(3,4)31-15-9-8-13-28-14-12-19-17(2)30-21(25-19)18-10-11-20(24-16-18)26(5)6/h10-11,16H,7,12-15H2,1-6H3. The number of aromatic nitrogens is 2. The zero-order chi connectivity index (χ0) is 22.9. The van der Waals surface area contributed by atoms with Crippen LogP contribution in [0.2, 0.25) is 0 Å². The first-order valence-electron chi connectivity index (χ1n) is 10.2. The Morgan fingerprint density at radius 3 is 2.71 bits per heavy atom. The third-order valence-corrected chi connectivity index (χ3v) is 5.58. The second-order valence-corrected chi connectivity index (χ2v) is 9.09. The second-order valence-electron chi connectivity index (χ2n) is 7.50. The van der Waals surface area contributed by atoms with Gasteiger partial charge in [0.15, 0.2) is 0 Å². The van der Waals surface area contributed by atoms with Crippen molar-refractivity contribution in [3.05, 3.63) is 29.8 Å². The van der Waals surface area contributed by atoms with Gasteiger partial charge in [0.1, 0.15) is 22.9 Å². The summed E-state index contributed by atoms with van der Waals surface area (Å²) < 4.78 is 15.8. The van der Waals surface area contributed by atoms with Crippen molar-refractivity contribution in [2.24, 2.45) is 0 Å². The molecule has 0 aliphatic heterocycles. The van der Waals surface area contributed by atoms with E-state index in [-0.39, 0.29) is 5.97 Å².